The van der Waals surface area contributed by atoms with Crippen LogP contribution in [0.5, 0.6) is 0 Å². The SMILES string of the molecule is Nc1nc(=S)c2ncn([C@H]3C[C@@H](O)[C@@H](COP(O)(=S)OC[C@H]4O[C@@H](n5cnc6c(=S)nc(N)[nH]c65)C[C@H]4O)O3)c2[nH]1. The topological polar surface area (TPSA) is 243 Å². The van der Waals surface area contributed by atoms with E-state index in [0.29, 0.717) is 22.3 Å². The van der Waals surface area contributed by atoms with E-state index in [0.717, 1.165) is 0 Å². The van der Waals surface area contributed by atoms with Crippen LogP contribution in [0, 0.1) is 9.28 Å². The minimum absolute atomic E-state index is 0.118. The van der Waals surface area contributed by atoms with Crippen molar-refractivity contribution in [2.45, 2.75) is 49.7 Å². The Morgan fingerprint density at radius 1 is 0.878 bits per heavy atom. The van der Waals surface area contributed by atoms with Gasteiger partial charge in [-0.1, -0.05) is 24.4 Å². The fourth-order valence-corrected chi connectivity index (χ4v) is 6.39. The van der Waals surface area contributed by atoms with Crippen LogP contribution in [-0.2, 0) is 30.3 Å². The van der Waals surface area contributed by atoms with Gasteiger partial charge in [-0.05, 0) is 11.8 Å². The lowest BCUT2D eigenvalue weighted by Crippen LogP contribution is -2.28. The van der Waals surface area contributed by atoms with Gasteiger partial charge in [-0.3, -0.25) is 9.13 Å². The summed E-state index contributed by atoms with van der Waals surface area (Å²) in [6, 6.07) is 0. The molecule has 0 unspecified atom stereocenters. The maximum Gasteiger partial charge on any atom is 0.324 e. The molecule has 0 spiro atoms. The molecule has 4 aromatic rings. The van der Waals surface area contributed by atoms with Gasteiger partial charge in [0.2, 0.25) is 0 Å². The van der Waals surface area contributed by atoms with Crippen LogP contribution in [0.3, 0.4) is 0 Å². The number of aromatic nitrogens is 8. The zero-order valence-electron chi connectivity index (χ0n) is 20.9. The van der Waals surface area contributed by atoms with Crippen molar-refractivity contribution in [1.29, 1.82) is 0 Å². The highest BCUT2D eigenvalue weighted by atomic mass is 32.5. The predicted molar refractivity (Wildman–Crippen MR) is 152 cm³/mol. The Balaban J connectivity index is 1.05. The summed E-state index contributed by atoms with van der Waals surface area (Å²) in [6.45, 7) is -4.28. The molecule has 4 aromatic heterocycles. The summed E-state index contributed by atoms with van der Waals surface area (Å²) in [7, 11) is 0. The fourth-order valence-electron chi connectivity index (χ4n) is 4.79. The average molecular weight is 645 g/mol. The highest BCUT2D eigenvalue weighted by Crippen LogP contribution is 2.46. The third kappa shape index (κ3) is 5.65. The molecule has 0 radical (unpaired) electrons. The number of aliphatic hydroxyl groups excluding tert-OH is 2. The van der Waals surface area contributed by atoms with Gasteiger partial charge in [-0.25, -0.2) is 19.9 Å². The van der Waals surface area contributed by atoms with Crippen LogP contribution in [0.15, 0.2) is 12.7 Å². The molecule has 0 amide bonds. The van der Waals surface area contributed by atoms with E-state index in [2.05, 4.69) is 29.9 Å². The molecular weight excluding hydrogens is 619 g/mol. The summed E-state index contributed by atoms with van der Waals surface area (Å²) in [4.78, 5) is 32.9. The number of nitrogens with zero attached hydrogens (tertiary/aromatic N) is 6. The van der Waals surface area contributed by atoms with E-state index >= 15 is 0 Å². The van der Waals surface area contributed by atoms with Gasteiger partial charge >= 0.3 is 6.72 Å². The van der Waals surface area contributed by atoms with Gasteiger partial charge in [-0.15, -0.1) is 0 Å². The summed E-state index contributed by atoms with van der Waals surface area (Å²) >= 11 is 15.5. The van der Waals surface area contributed by atoms with Crippen molar-refractivity contribution in [3.8, 4) is 0 Å². The lowest BCUT2D eigenvalue weighted by Gasteiger charge is -2.22. The number of aliphatic hydroxyl groups is 2. The lowest BCUT2D eigenvalue weighted by atomic mass is 10.2. The maximum atomic E-state index is 10.6. The van der Waals surface area contributed by atoms with Crippen LogP contribution in [0.25, 0.3) is 22.3 Å². The van der Waals surface area contributed by atoms with Gasteiger partial charge in [-0.2, -0.15) is 0 Å². The number of H-pyrrole nitrogens is 2. The van der Waals surface area contributed by atoms with Crippen molar-refractivity contribution >= 4 is 77.2 Å². The fraction of sp³-hybridized carbons (Fsp3) is 0.500. The molecule has 6 rings (SSSR count). The van der Waals surface area contributed by atoms with Crippen molar-refractivity contribution < 1.29 is 33.6 Å². The average Bonchev–Trinajstić information content (AvgIpc) is 3.67. The summed E-state index contributed by atoms with van der Waals surface area (Å²) in [5, 5.41) is 21.1. The van der Waals surface area contributed by atoms with Gasteiger partial charge in [0.25, 0.3) is 0 Å². The smallest absolute Gasteiger partial charge is 0.324 e. The van der Waals surface area contributed by atoms with Gasteiger partial charge in [0.15, 0.2) is 21.2 Å². The Kier molecular flexibility index (Phi) is 7.66. The molecule has 6 atom stereocenters. The van der Waals surface area contributed by atoms with E-state index in [1.807, 2.05) is 0 Å². The molecule has 17 nitrogen and oxygen atoms in total. The third-order valence-electron chi connectivity index (χ3n) is 6.76. The number of imidazole rings is 2. The van der Waals surface area contributed by atoms with Gasteiger partial charge in [0.1, 0.15) is 47.0 Å². The number of rotatable bonds is 8. The lowest BCUT2D eigenvalue weighted by molar-refractivity contribution is -0.0512. The number of hydrogen-bond acceptors (Lipinski definition) is 15. The van der Waals surface area contributed by atoms with Crippen LogP contribution >= 0.6 is 31.2 Å². The molecule has 0 aliphatic carbocycles. The number of fused-ring (bicyclic) bond motifs is 2. The minimum atomic E-state index is -3.79. The largest absolute Gasteiger partial charge is 0.390 e. The molecule has 0 bridgehead atoms. The van der Waals surface area contributed by atoms with Crippen LogP contribution in [0.4, 0.5) is 11.9 Å². The van der Waals surface area contributed by atoms with Crippen LogP contribution < -0.4 is 11.5 Å². The first-order chi connectivity index (χ1) is 19.5. The van der Waals surface area contributed by atoms with Gasteiger partial charge < -0.3 is 55.1 Å². The van der Waals surface area contributed by atoms with Gasteiger partial charge in [0.05, 0.1) is 38.1 Å². The molecule has 6 heterocycles. The number of nitrogen functional groups attached to an aromatic ring is 2. The van der Waals surface area contributed by atoms with Crippen molar-refractivity contribution in [3.63, 3.8) is 0 Å². The first kappa shape index (κ1) is 28.6. The number of nitrogens with one attached hydrogen (secondary N) is 2. The summed E-state index contributed by atoms with van der Waals surface area (Å²) in [5.74, 6) is 0.237. The highest BCUT2D eigenvalue weighted by Gasteiger charge is 2.39. The molecule has 41 heavy (non-hydrogen) atoms. The second kappa shape index (κ2) is 11.0. The van der Waals surface area contributed by atoms with Crippen molar-refractivity contribution in [2.24, 2.45) is 0 Å². The van der Waals surface area contributed by atoms with E-state index in [9.17, 15) is 15.1 Å². The monoisotopic (exact) mass is 644 g/mol. The second-order valence-corrected chi connectivity index (χ2v) is 13.1. The molecule has 0 aromatic carbocycles. The van der Waals surface area contributed by atoms with E-state index < -0.39 is 43.6 Å². The maximum absolute atomic E-state index is 10.6. The van der Waals surface area contributed by atoms with Crippen molar-refractivity contribution in [3.05, 3.63) is 21.9 Å². The van der Waals surface area contributed by atoms with E-state index in [1.54, 1.807) is 9.13 Å². The Labute approximate surface area is 245 Å². The minimum Gasteiger partial charge on any atom is -0.390 e. The first-order valence-electron chi connectivity index (χ1n) is 12.2. The Hall–Kier alpha value is -2.49. The number of anilines is 2. The Bertz CT molecular complexity index is 1650. The Morgan fingerprint density at radius 3 is 1.71 bits per heavy atom. The van der Waals surface area contributed by atoms with Gasteiger partial charge in [0, 0.05) is 12.8 Å². The zero-order valence-corrected chi connectivity index (χ0v) is 24.3. The molecule has 21 heteroatoms. The number of ether oxygens (including phenoxy) is 2. The van der Waals surface area contributed by atoms with E-state index in [-0.39, 0.29) is 47.2 Å². The van der Waals surface area contributed by atoms with E-state index in [1.165, 1.54) is 12.7 Å². The molecule has 2 aliphatic heterocycles. The zero-order chi connectivity index (χ0) is 29.1. The highest BCUT2D eigenvalue weighted by molar-refractivity contribution is 8.07. The number of nitrogens with two attached hydrogens (primary N) is 2. The number of hydrogen-bond donors (Lipinski definition) is 7. The molecule has 9 N–H and O–H groups in total. The first-order valence-corrected chi connectivity index (χ1v) is 15.6. The third-order valence-corrected chi connectivity index (χ3v) is 8.91. The quantitative estimate of drug-likeness (QED) is 0.103. The molecular formula is C20H25N10O7PS3. The van der Waals surface area contributed by atoms with Crippen LogP contribution in [0.2, 0.25) is 0 Å². The second-order valence-electron chi connectivity index (χ2n) is 9.48. The normalized spacial score (nSPS) is 26.9. The van der Waals surface area contributed by atoms with Crippen molar-refractivity contribution in [1.82, 2.24) is 39.0 Å². The van der Waals surface area contributed by atoms with Crippen LogP contribution in [-0.4, -0.2) is 91.8 Å². The summed E-state index contributed by atoms with van der Waals surface area (Å²) in [5.41, 5.74) is 13.4. The van der Waals surface area contributed by atoms with Crippen molar-refractivity contribution in [2.75, 3.05) is 24.7 Å². The molecule has 2 saturated heterocycles. The number of aromatic amines is 2. The van der Waals surface area contributed by atoms with E-state index in [4.69, 9.17) is 66.2 Å². The molecule has 2 aliphatic rings. The van der Waals surface area contributed by atoms with Crippen LogP contribution in [0.1, 0.15) is 25.3 Å². The molecule has 2 fully saturated rings. The standard InChI is InChI=1S/C20H25N10O7PS3/c21-19-25-15-13(17(39)27-19)23-5-29(15)11-1-7(31)9(36-11)3-34-38(33,41)35-4-10-8(32)2-12(37-10)30-6-24-14-16(30)26-20(22)28-18(14)40/h5-12,31-32H,1-4H2,(H,33,41)(H3,21,25,27,39)(H3,22,26,28,40)/t7-,8-,9-,10-,11-,12-/m1/s1. The Morgan fingerprint density at radius 2 is 1.29 bits per heavy atom. The predicted octanol–water partition coefficient (Wildman–Crippen LogP) is 0.703. The molecule has 0 saturated carbocycles. The molecule has 220 valence electrons. The summed E-state index contributed by atoms with van der Waals surface area (Å²) < 4.78 is 26.6. The summed E-state index contributed by atoms with van der Waals surface area (Å²) in [6.07, 6.45) is -1.33.